The van der Waals surface area contributed by atoms with E-state index in [1.54, 1.807) is 0 Å². The highest BCUT2D eigenvalue weighted by Crippen LogP contribution is 2.50. The van der Waals surface area contributed by atoms with Gasteiger partial charge in [-0.2, -0.15) is 0 Å². The molecular formula is C48H63N9O6. The molecule has 0 bridgehead atoms. The van der Waals surface area contributed by atoms with E-state index in [0.717, 1.165) is 104 Å². The van der Waals surface area contributed by atoms with Crippen molar-refractivity contribution in [2.45, 2.75) is 109 Å². The second-order valence-corrected chi connectivity index (χ2v) is 18.7. The van der Waals surface area contributed by atoms with Gasteiger partial charge in [-0.1, -0.05) is 64.1 Å². The number of carbonyl (C=O) groups excluding carboxylic acids is 4. The third-order valence-corrected chi connectivity index (χ3v) is 13.9. The van der Waals surface area contributed by atoms with Crippen LogP contribution in [0, 0.1) is 11.8 Å². The summed E-state index contributed by atoms with van der Waals surface area (Å²) >= 11 is 0. The number of nitrogens with zero attached hydrogens (tertiary/aromatic N) is 5. The number of hydrogen-bond acceptors (Lipinski definition) is 9. The maximum absolute atomic E-state index is 13.9. The average molecular weight is 862 g/mol. The van der Waals surface area contributed by atoms with Gasteiger partial charge in [0.25, 0.3) is 0 Å². The first kappa shape index (κ1) is 43.9. The number of H-pyrrole nitrogens is 2. The van der Waals surface area contributed by atoms with Crippen LogP contribution in [0.15, 0.2) is 48.8 Å². The normalized spacial score (nSPS) is 22.1. The maximum atomic E-state index is 13.9. The van der Waals surface area contributed by atoms with Gasteiger partial charge in [-0.05, 0) is 105 Å². The van der Waals surface area contributed by atoms with Crippen molar-refractivity contribution in [3.63, 3.8) is 0 Å². The first-order chi connectivity index (χ1) is 30.3. The molecule has 3 saturated heterocycles. The number of carbonyl (C=O) groups is 4. The predicted octanol–water partition coefficient (Wildman–Crippen LogP) is 7.13. The van der Waals surface area contributed by atoms with Crippen LogP contribution in [0.4, 0.5) is 9.59 Å². The molecule has 1 aliphatic carbocycles. The Bertz CT molecular complexity index is 2320. The number of nitrogens with one attached hydrogen (secondary N) is 4. The molecule has 8 rings (SSSR count). The largest absolute Gasteiger partial charge is 0.453 e. The minimum Gasteiger partial charge on any atom is -0.453 e. The Balaban J connectivity index is 1.07. The molecule has 2 aromatic heterocycles. The van der Waals surface area contributed by atoms with Crippen LogP contribution in [0.2, 0.25) is 0 Å². The molecule has 63 heavy (non-hydrogen) atoms. The molecule has 0 radical (unpaired) electrons. The molecule has 15 heteroatoms. The summed E-state index contributed by atoms with van der Waals surface area (Å²) in [5.74, 6) is 1.03. The van der Waals surface area contributed by atoms with Gasteiger partial charge in [-0.15, -0.1) is 0 Å². The molecule has 4 aliphatic rings. The van der Waals surface area contributed by atoms with E-state index >= 15 is 0 Å². The monoisotopic (exact) mass is 861 g/mol. The Morgan fingerprint density at radius 3 is 1.75 bits per heavy atom. The topological polar surface area (TPSA) is 178 Å². The van der Waals surface area contributed by atoms with E-state index in [2.05, 4.69) is 68.9 Å². The third kappa shape index (κ3) is 8.55. The zero-order valence-electron chi connectivity index (χ0n) is 37.8. The van der Waals surface area contributed by atoms with Crippen molar-refractivity contribution < 1.29 is 28.7 Å². The van der Waals surface area contributed by atoms with E-state index in [1.807, 2.05) is 49.9 Å². The van der Waals surface area contributed by atoms with E-state index < -0.39 is 24.3 Å². The number of alkyl carbamates (subject to hydrolysis) is 2. The number of rotatable bonds is 11. The molecular weight excluding hydrogens is 799 g/mol. The van der Waals surface area contributed by atoms with Crippen molar-refractivity contribution in [3.05, 3.63) is 71.6 Å². The summed E-state index contributed by atoms with van der Waals surface area (Å²) in [5, 5.41) is 5.48. The first-order valence-electron chi connectivity index (χ1n) is 22.7. The standard InChI is InChI=1S/C48H63N9O6/c1-28(2)40(53-46(60)62-6)44(58)56-22-9-12-37(56)42-49-25-35(51-42)31-16-14-30(15-17-31)32-18-19-33(34-11-8-20-48(39(32)34)21-24-55(5)27-48)36-26-50-43(52-36)38-13-10-23-57(38)45(59)41(29(3)4)54-47(61)63-7/h14-19,25-26,28-29,37-38,40-41H,8-13,20-24,27H2,1-7H3,(H,49,51)(H,50,52)(H,53,60)(H,54,61)/t37-,38-,40+,41+,48?/m1/s1. The second kappa shape index (κ2) is 18.2. The SMILES string of the molecule is COC(=O)N[C@H](C(=O)N1CCC[C@@H]1c1ncc(-c2ccc(-c3ccc(-c4cnc([C@H]5CCCN5C(=O)[C@@H](NC(=O)OC)C(C)C)[nH]4)c4c3C3(CCC4)CCN(C)C3)cc2)[nH]1)C(C)C. The van der Waals surface area contributed by atoms with E-state index in [9.17, 15) is 19.2 Å². The number of aromatic amines is 2. The van der Waals surface area contributed by atoms with Crippen LogP contribution < -0.4 is 10.6 Å². The average Bonchev–Trinajstić information content (AvgIpc) is 4.14. The molecule has 3 fully saturated rings. The first-order valence-corrected chi connectivity index (χ1v) is 22.7. The van der Waals surface area contributed by atoms with Crippen LogP contribution in [-0.4, -0.2) is 118 Å². The van der Waals surface area contributed by atoms with Crippen LogP contribution in [0.1, 0.15) is 108 Å². The fourth-order valence-corrected chi connectivity index (χ4v) is 10.7. The Morgan fingerprint density at radius 1 is 0.698 bits per heavy atom. The highest BCUT2D eigenvalue weighted by molar-refractivity contribution is 5.87. The van der Waals surface area contributed by atoms with Crippen LogP contribution in [0.5, 0.6) is 0 Å². The van der Waals surface area contributed by atoms with Crippen molar-refractivity contribution in [1.82, 2.24) is 45.3 Å². The number of aromatic nitrogens is 4. The molecule has 15 nitrogen and oxygen atoms in total. The lowest BCUT2D eigenvalue weighted by Gasteiger charge is -2.39. The number of benzene rings is 2. The zero-order valence-corrected chi connectivity index (χ0v) is 37.8. The number of methoxy groups -OCH3 is 2. The van der Waals surface area contributed by atoms with Crippen LogP contribution in [0.25, 0.3) is 33.6 Å². The maximum Gasteiger partial charge on any atom is 0.407 e. The number of fused-ring (bicyclic) bond motifs is 2. The summed E-state index contributed by atoms with van der Waals surface area (Å²) in [6.45, 7) is 10.9. The molecule has 1 spiro atoms. The molecule has 4 N–H and O–H groups in total. The summed E-state index contributed by atoms with van der Waals surface area (Å²) in [7, 11) is 4.83. The molecule has 5 heterocycles. The quantitative estimate of drug-likeness (QED) is 0.122. The molecule has 0 saturated carbocycles. The predicted molar refractivity (Wildman–Crippen MR) is 239 cm³/mol. The number of likely N-dealkylation sites (N-methyl/N-ethyl adjacent to an activating group) is 1. The number of imidazole rings is 2. The smallest absolute Gasteiger partial charge is 0.407 e. The van der Waals surface area contributed by atoms with E-state index in [1.165, 1.54) is 30.9 Å². The number of ether oxygens (including phenoxy) is 2. The number of amides is 4. The van der Waals surface area contributed by atoms with Crippen LogP contribution >= 0.6 is 0 Å². The molecule has 4 amide bonds. The Hall–Kier alpha value is -5.70. The second-order valence-electron chi connectivity index (χ2n) is 18.7. The fraction of sp³-hybridized carbons (Fsp3) is 0.542. The van der Waals surface area contributed by atoms with E-state index in [-0.39, 0.29) is 41.1 Å². The summed E-state index contributed by atoms with van der Waals surface area (Å²) < 4.78 is 9.64. The lowest BCUT2D eigenvalue weighted by molar-refractivity contribution is -0.136. The van der Waals surface area contributed by atoms with Crippen molar-refractivity contribution >= 4 is 24.0 Å². The number of likely N-dealkylation sites (tertiary alicyclic amines) is 3. The van der Waals surface area contributed by atoms with Gasteiger partial charge in [-0.3, -0.25) is 9.59 Å². The minimum absolute atomic E-state index is 0.0339. The molecule has 1 unspecified atom stereocenters. The van der Waals surface area contributed by atoms with Gasteiger partial charge in [-0.25, -0.2) is 19.6 Å². The summed E-state index contributed by atoms with van der Waals surface area (Å²) in [6.07, 6.45) is 10.1. The third-order valence-electron chi connectivity index (χ3n) is 13.9. The Kier molecular flexibility index (Phi) is 12.7. The molecule has 2 aromatic carbocycles. The van der Waals surface area contributed by atoms with Gasteiger partial charge in [0, 0.05) is 30.6 Å². The van der Waals surface area contributed by atoms with Gasteiger partial charge < -0.3 is 44.8 Å². The van der Waals surface area contributed by atoms with Gasteiger partial charge in [0.05, 0.1) is 50.1 Å². The Morgan fingerprint density at radius 2 is 1.22 bits per heavy atom. The number of hydrogen-bond donors (Lipinski definition) is 4. The minimum atomic E-state index is -0.694. The van der Waals surface area contributed by atoms with Crippen LogP contribution in [0.3, 0.4) is 0 Å². The summed E-state index contributed by atoms with van der Waals surface area (Å²) in [6, 6.07) is 11.4. The van der Waals surface area contributed by atoms with Crippen molar-refractivity contribution in [1.29, 1.82) is 0 Å². The highest BCUT2D eigenvalue weighted by atomic mass is 16.5. The van der Waals surface area contributed by atoms with Crippen molar-refractivity contribution in [2.75, 3.05) is 47.4 Å². The fourth-order valence-electron chi connectivity index (χ4n) is 10.7. The van der Waals surface area contributed by atoms with Gasteiger partial charge >= 0.3 is 12.2 Å². The summed E-state index contributed by atoms with van der Waals surface area (Å²) in [4.78, 5) is 74.9. The Labute approximate surface area is 370 Å². The van der Waals surface area contributed by atoms with Crippen molar-refractivity contribution in [2.24, 2.45) is 11.8 Å². The lowest BCUT2D eigenvalue weighted by Crippen LogP contribution is -2.51. The summed E-state index contributed by atoms with van der Waals surface area (Å²) in [5.41, 5.74) is 9.25. The molecule has 5 atom stereocenters. The van der Waals surface area contributed by atoms with Gasteiger partial charge in [0.2, 0.25) is 11.8 Å². The highest BCUT2D eigenvalue weighted by Gasteiger charge is 2.44. The van der Waals surface area contributed by atoms with E-state index in [0.29, 0.717) is 13.1 Å². The van der Waals surface area contributed by atoms with Gasteiger partial charge in [0.15, 0.2) is 0 Å². The molecule has 336 valence electrons. The molecule has 3 aliphatic heterocycles. The zero-order chi connectivity index (χ0) is 44.6. The van der Waals surface area contributed by atoms with Gasteiger partial charge in [0.1, 0.15) is 23.7 Å². The van der Waals surface area contributed by atoms with Crippen LogP contribution in [-0.2, 0) is 30.9 Å². The van der Waals surface area contributed by atoms with E-state index in [4.69, 9.17) is 19.4 Å². The van der Waals surface area contributed by atoms with Crippen molar-refractivity contribution in [3.8, 4) is 33.6 Å². The lowest BCUT2D eigenvalue weighted by atomic mass is 9.66. The molecule has 4 aromatic rings.